The van der Waals surface area contributed by atoms with E-state index in [0.717, 1.165) is 12.2 Å². The Bertz CT molecular complexity index is 258. The van der Waals surface area contributed by atoms with Crippen molar-refractivity contribution in [3.05, 3.63) is 30.3 Å². The van der Waals surface area contributed by atoms with Crippen molar-refractivity contribution in [3.8, 4) is 0 Å². The highest BCUT2D eigenvalue weighted by molar-refractivity contribution is 5.74. The molecule has 0 saturated carbocycles. The van der Waals surface area contributed by atoms with Gasteiger partial charge in [0.25, 0.3) is 0 Å². The van der Waals surface area contributed by atoms with Gasteiger partial charge in [0, 0.05) is 18.8 Å². The van der Waals surface area contributed by atoms with Crippen LogP contribution in [0.2, 0.25) is 0 Å². The first-order valence-corrected chi connectivity index (χ1v) is 4.16. The van der Waals surface area contributed by atoms with Crippen molar-refractivity contribution in [2.45, 2.75) is 0 Å². The third kappa shape index (κ3) is 4.00. The predicted molar refractivity (Wildman–Crippen MR) is 54.8 cm³/mol. The third-order valence-electron chi connectivity index (χ3n) is 1.54. The van der Waals surface area contributed by atoms with Gasteiger partial charge in [-0.1, -0.05) is 18.2 Å². The molecule has 0 spiro atoms. The van der Waals surface area contributed by atoms with Crippen LogP contribution in [-0.4, -0.2) is 19.0 Å². The molecule has 1 rings (SSSR count). The van der Waals surface area contributed by atoms with Crippen molar-refractivity contribution < 1.29 is 0 Å². The normalized spacial score (nSPS) is 9.23. The molecule has 1 aromatic rings. The Kier molecular flexibility index (Phi) is 3.63. The van der Waals surface area contributed by atoms with Crippen LogP contribution >= 0.6 is 0 Å². The summed E-state index contributed by atoms with van der Waals surface area (Å²) in [6, 6.07) is 9.90. The van der Waals surface area contributed by atoms with E-state index >= 15 is 0 Å². The fourth-order valence-corrected chi connectivity index (χ4v) is 0.960. The maximum absolute atomic E-state index is 6.92. The molecule has 1 aromatic carbocycles. The van der Waals surface area contributed by atoms with Crippen LogP contribution in [0.3, 0.4) is 0 Å². The Morgan fingerprint density at radius 2 is 1.92 bits per heavy atom. The number of guanidine groups is 1. The zero-order valence-corrected chi connectivity index (χ0v) is 7.38. The van der Waals surface area contributed by atoms with Crippen molar-refractivity contribution in [1.82, 2.24) is 5.32 Å². The standard InChI is InChI=1S/C9H14N4/c10-9(11)13-7-6-12-8-4-2-1-3-5-8/h1-5,12H,6-7H2,(H4,10,11,13). The highest BCUT2D eigenvalue weighted by Gasteiger charge is 1.89. The summed E-state index contributed by atoms with van der Waals surface area (Å²) in [5.74, 6) is 0.00913. The summed E-state index contributed by atoms with van der Waals surface area (Å²) in [7, 11) is 0. The monoisotopic (exact) mass is 178 g/mol. The summed E-state index contributed by atoms with van der Waals surface area (Å²) in [5, 5.41) is 12.8. The molecule has 0 aliphatic rings. The molecule has 0 atom stereocenters. The summed E-state index contributed by atoms with van der Waals surface area (Å²) in [4.78, 5) is 0. The number of rotatable bonds is 4. The molecule has 0 unspecified atom stereocenters. The molecule has 0 amide bonds. The lowest BCUT2D eigenvalue weighted by atomic mass is 10.3. The van der Waals surface area contributed by atoms with Crippen LogP contribution < -0.4 is 16.4 Å². The maximum Gasteiger partial charge on any atom is 0.185 e. The smallest absolute Gasteiger partial charge is 0.185 e. The Balaban J connectivity index is 2.17. The van der Waals surface area contributed by atoms with E-state index in [4.69, 9.17) is 11.1 Å². The Morgan fingerprint density at radius 3 is 2.54 bits per heavy atom. The van der Waals surface area contributed by atoms with E-state index in [0.29, 0.717) is 6.54 Å². The predicted octanol–water partition coefficient (Wildman–Crippen LogP) is 0.582. The van der Waals surface area contributed by atoms with E-state index < -0.39 is 0 Å². The zero-order valence-electron chi connectivity index (χ0n) is 7.38. The van der Waals surface area contributed by atoms with E-state index in [-0.39, 0.29) is 5.96 Å². The molecule has 70 valence electrons. The molecule has 0 fully saturated rings. The van der Waals surface area contributed by atoms with Gasteiger partial charge in [-0.3, -0.25) is 5.41 Å². The summed E-state index contributed by atoms with van der Waals surface area (Å²) in [6.07, 6.45) is 0. The van der Waals surface area contributed by atoms with Crippen LogP contribution in [0.5, 0.6) is 0 Å². The lowest BCUT2D eigenvalue weighted by molar-refractivity contribution is 0.892. The number of para-hydroxylation sites is 1. The average molecular weight is 178 g/mol. The summed E-state index contributed by atoms with van der Waals surface area (Å²) in [5.41, 5.74) is 6.19. The van der Waals surface area contributed by atoms with E-state index in [9.17, 15) is 0 Å². The minimum Gasteiger partial charge on any atom is -0.383 e. The molecule has 0 bridgehead atoms. The Hall–Kier alpha value is -1.71. The molecule has 13 heavy (non-hydrogen) atoms. The lowest BCUT2D eigenvalue weighted by Gasteiger charge is -2.06. The van der Waals surface area contributed by atoms with Crippen molar-refractivity contribution in [2.24, 2.45) is 5.73 Å². The molecule has 0 radical (unpaired) electrons. The number of hydrogen-bond acceptors (Lipinski definition) is 2. The van der Waals surface area contributed by atoms with Crippen LogP contribution in [-0.2, 0) is 0 Å². The molecule has 0 saturated heterocycles. The van der Waals surface area contributed by atoms with Gasteiger partial charge in [-0.15, -0.1) is 0 Å². The molecule has 0 aromatic heterocycles. The van der Waals surface area contributed by atoms with E-state index in [1.165, 1.54) is 0 Å². The fourth-order valence-electron chi connectivity index (χ4n) is 0.960. The van der Waals surface area contributed by atoms with E-state index in [1.54, 1.807) is 0 Å². The van der Waals surface area contributed by atoms with Crippen molar-refractivity contribution >= 4 is 11.6 Å². The van der Waals surface area contributed by atoms with Crippen LogP contribution in [0.15, 0.2) is 30.3 Å². The first-order valence-electron chi connectivity index (χ1n) is 4.16. The van der Waals surface area contributed by atoms with Gasteiger partial charge in [0.2, 0.25) is 0 Å². The van der Waals surface area contributed by atoms with Gasteiger partial charge in [-0.2, -0.15) is 0 Å². The molecule has 4 nitrogen and oxygen atoms in total. The maximum atomic E-state index is 6.92. The largest absolute Gasteiger partial charge is 0.383 e. The summed E-state index contributed by atoms with van der Waals surface area (Å²) < 4.78 is 0. The van der Waals surface area contributed by atoms with Gasteiger partial charge in [0.05, 0.1) is 0 Å². The quantitative estimate of drug-likeness (QED) is 0.309. The summed E-state index contributed by atoms with van der Waals surface area (Å²) in [6.45, 7) is 1.41. The minimum absolute atomic E-state index is 0.00913. The Labute approximate surface area is 77.7 Å². The number of anilines is 1. The number of hydrogen-bond donors (Lipinski definition) is 4. The number of benzene rings is 1. The second-order valence-corrected chi connectivity index (χ2v) is 2.63. The van der Waals surface area contributed by atoms with E-state index in [1.807, 2.05) is 30.3 Å². The van der Waals surface area contributed by atoms with Gasteiger partial charge in [-0.25, -0.2) is 0 Å². The highest BCUT2D eigenvalue weighted by atomic mass is 15.1. The lowest BCUT2D eigenvalue weighted by Crippen LogP contribution is -2.33. The molecule has 4 heteroatoms. The second-order valence-electron chi connectivity index (χ2n) is 2.63. The fraction of sp³-hybridized carbons (Fsp3) is 0.222. The third-order valence-corrected chi connectivity index (χ3v) is 1.54. The first-order chi connectivity index (χ1) is 6.29. The van der Waals surface area contributed by atoms with Gasteiger partial charge >= 0.3 is 0 Å². The molecule has 0 heterocycles. The summed E-state index contributed by atoms with van der Waals surface area (Å²) >= 11 is 0. The van der Waals surface area contributed by atoms with Gasteiger partial charge < -0.3 is 16.4 Å². The molecule has 0 aliphatic carbocycles. The average Bonchev–Trinajstić information content (AvgIpc) is 2.14. The zero-order chi connectivity index (χ0) is 9.52. The van der Waals surface area contributed by atoms with Crippen LogP contribution in [0.25, 0.3) is 0 Å². The van der Waals surface area contributed by atoms with E-state index in [2.05, 4.69) is 10.6 Å². The van der Waals surface area contributed by atoms with Crippen molar-refractivity contribution in [1.29, 1.82) is 5.41 Å². The minimum atomic E-state index is 0.00913. The van der Waals surface area contributed by atoms with Gasteiger partial charge in [0.15, 0.2) is 5.96 Å². The molecule has 0 aliphatic heterocycles. The SMILES string of the molecule is N=C(N)NCCNc1ccccc1. The van der Waals surface area contributed by atoms with Gasteiger partial charge in [0.1, 0.15) is 0 Å². The molecule has 5 N–H and O–H groups in total. The number of nitrogens with two attached hydrogens (primary N) is 1. The van der Waals surface area contributed by atoms with Crippen LogP contribution in [0.4, 0.5) is 5.69 Å². The van der Waals surface area contributed by atoms with Crippen molar-refractivity contribution in [2.75, 3.05) is 18.4 Å². The van der Waals surface area contributed by atoms with Gasteiger partial charge in [-0.05, 0) is 12.1 Å². The van der Waals surface area contributed by atoms with Crippen LogP contribution in [0.1, 0.15) is 0 Å². The van der Waals surface area contributed by atoms with Crippen LogP contribution in [0, 0.1) is 5.41 Å². The highest BCUT2D eigenvalue weighted by Crippen LogP contribution is 2.03. The van der Waals surface area contributed by atoms with Crippen molar-refractivity contribution in [3.63, 3.8) is 0 Å². The Morgan fingerprint density at radius 1 is 1.23 bits per heavy atom. The molecular weight excluding hydrogens is 164 g/mol. The number of nitrogens with one attached hydrogen (secondary N) is 3. The second kappa shape index (κ2) is 5.03. The topological polar surface area (TPSA) is 73.9 Å². The molecular formula is C9H14N4. The first kappa shape index (κ1) is 9.38.